The van der Waals surface area contributed by atoms with Crippen LogP contribution in [0, 0.1) is 13.8 Å². The van der Waals surface area contributed by atoms with Gasteiger partial charge in [0.15, 0.2) is 5.58 Å². The fourth-order valence-electron chi connectivity index (χ4n) is 12.2. The van der Waals surface area contributed by atoms with Crippen molar-refractivity contribution in [2.45, 2.75) is 66.7 Å². The highest BCUT2D eigenvalue weighted by Crippen LogP contribution is 2.54. The fraction of sp³-hybridized carbons (Fsp3) is 0.135. The second-order valence-electron chi connectivity index (χ2n) is 21.8. The summed E-state index contributed by atoms with van der Waals surface area (Å²) in [5.41, 5.74) is 19.9. The van der Waals surface area contributed by atoms with Crippen molar-refractivity contribution in [3.8, 4) is 39.1 Å². The summed E-state index contributed by atoms with van der Waals surface area (Å²) >= 11 is 0. The molecule has 0 spiro atoms. The maximum Gasteiger partial charge on any atom is 0.159 e. The Kier molecular flexibility index (Phi) is 12.1. The van der Waals surface area contributed by atoms with Gasteiger partial charge in [0.1, 0.15) is 11.3 Å². The first kappa shape index (κ1) is 48.5. The van der Waals surface area contributed by atoms with E-state index in [1.807, 2.05) is 6.07 Å². The summed E-state index contributed by atoms with van der Waals surface area (Å²) in [7, 11) is 0. The molecule has 1 N–H and O–H groups in total. The van der Waals surface area contributed by atoms with Gasteiger partial charge in [0, 0.05) is 44.0 Å². The number of aromatic hydroxyl groups is 1. The fourth-order valence-corrected chi connectivity index (χ4v) is 12.2. The second kappa shape index (κ2) is 19.5. The molecule has 0 bridgehead atoms. The number of anilines is 6. The molecule has 0 saturated heterocycles. The number of hydrogen-bond acceptors (Lipinski definition) is 4. The van der Waals surface area contributed by atoms with Crippen molar-refractivity contribution >= 4 is 88.4 Å². The van der Waals surface area contributed by atoms with E-state index >= 15 is 0 Å². The summed E-state index contributed by atoms with van der Waals surface area (Å²) in [5.74, 6) is 0.605. The number of benzene rings is 12. The second-order valence-corrected chi connectivity index (χ2v) is 21.8. The maximum absolute atomic E-state index is 12.9. The molecule has 4 nitrogen and oxygen atoms in total. The third-order valence-corrected chi connectivity index (χ3v) is 16.3. The van der Waals surface area contributed by atoms with Crippen LogP contribution in [0.15, 0.2) is 223 Å². The smallest absolute Gasteiger partial charge is 0.159 e. The van der Waals surface area contributed by atoms with E-state index in [2.05, 4.69) is 271 Å². The number of aryl methyl sites for hydroxylation is 3. The summed E-state index contributed by atoms with van der Waals surface area (Å²) in [4.78, 5) is 4.74. The average molecular weight is 1010 g/mol. The Balaban J connectivity index is 1.09. The molecule has 13 aromatic rings. The van der Waals surface area contributed by atoms with Gasteiger partial charge in [-0.05, 0) is 153 Å². The van der Waals surface area contributed by atoms with E-state index in [9.17, 15) is 5.11 Å². The molecule has 1 heterocycles. The molecule has 0 fully saturated rings. The molecule has 0 aliphatic rings. The number of fused-ring (bicyclic) bond motifs is 3. The van der Waals surface area contributed by atoms with E-state index in [4.69, 9.17) is 4.42 Å². The van der Waals surface area contributed by atoms with Crippen LogP contribution >= 0.6 is 0 Å². The number of furan rings is 1. The highest BCUT2D eigenvalue weighted by atomic mass is 16.3. The van der Waals surface area contributed by atoms with Gasteiger partial charge in [0.05, 0.1) is 22.7 Å². The molecule has 0 amide bonds. The summed E-state index contributed by atoms with van der Waals surface area (Å²) in [5, 5.41) is 22.2. The van der Waals surface area contributed by atoms with Gasteiger partial charge in [0.25, 0.3) is 0 Å². The van der Waals surface area contributed by atoms with Crippen LogP contribution in [0.5, 0.6) is 5.75 Å². The van der Waals surface area contributed by atoms with Gasteiger partial charge in [-0.1, -0.05) is 204 Å². The van der Waals surface area contributed by atoms with Crippen LogP contribution in [-0.2, 0) is 6.42 Å². The minimum Gasteiger partial charge on any atom is -0.505 e. The summed E-state index contributed by atoms with van der Waals surface area (Å²) in [6, 6.07) is 78.9. The van der Waals surface area contributed by atoms with Crippen molar-refractivity contribution in [1.29, 1.82) is 0 Å². The van der Waals surface area contributed by atoms with Crippen LogP contribution in [0.25, 0.3) is 87.6 Å². The van der Waals surface area contributed by atoms with Gasteiger partial charge in [0.2, 0.25) is 0 Å². The Morgan fingerprint density at radius 1 is 0.397 bits per heavy atom. The third-order valence-electron chi connectivity index (χ3n) is 16.3. The van der Waals surface area contributed by atoms with E-state index in [0.29, 0.717) is 5.69 Å². The van der Waals surface area contributed by atoms with E-state index in [-0.39, 0.29) is 17.6 Å². The molecule has 380 valence electrons. The lowest BCUT2D eigenvalue weighted by Gasteiger charge is -2.32. The number of nitrogens with zero attached hydrogens (tertiary/aromatic N) is 2. The third kappa shape index (κ3) is 8.05. The first-order valence-corrected chi connectivity index (χ1v) is 27.6. The zero-order chi connectivity index (χ0) is 53.3. The first-order valence-electron chi connectivity index (χ1n) is 27.6. The molecule has 13 rings (SSSR count). The summed E-state index contributed by atoms with van der Waals surface area (Å²) in [6.45, 7) is 15.7. The van der Waals surface area contributed by atoms with Crippen LogP contribution in [0.3, 0.4) is 0 Å². The van der Waals surface area contributed by atoms with Gasteiger partial charge < -0.3 is 19.3 Å². The van der Waals surface area contributed by atoms with Crippen LogP contribution in [-0.4, -0.2) is 5.11 Å². The van der Waals surface area contributed by atoms with Crippen LogP contribution in [0.1, 0.15) is 74.3 Å². The predicted molar refractivity (Wildman–Crippen MR) is 332 cm³/mol. The Hall–Kier alpha value is -9.12. The summed E-state index contributed by atoms with van der Waals surface area (Å²) in [6.07, 6.45) is 0.946. The van der Waals surface area contributed by atoms with Gasteiger partial charge >= 0.3 is 0 Å². The number of hydrogen-bond donors (Lipinski definition) is 1. The summed E-state index contributed by atoms with van der Waals surface area (Å²) < 4.78 is 7.23. The largest absolute Gasteiger partial charge is 0.505 e. The molecular weight excluding hydrogens is 949 g/mol. The molecule has 0 aliphatic carbocycles. The molecule has 0 atom stereocenters. The molecule has 0 saturated carbocycles. The first-order chi connectivity index (χ1) is 38.1. The zero-order valence-corrected chi connectivity index (χ0v) is 45.4. The van der Waals surface area contributed by atoms with Crippen molar-refractivity contribution in [2.75, 3.05) is 9.80 Å². The number of phenols is 1. The van der Waals surface area contributed by atoms with Crippen molar-refractivity contribution < 1.29 is 9.52 Å². The lowest BCUT2D eigenvalue weighted by atomic mass is 9.84. The van der Waals surface area contributed by atoms with Gasteiger partial charge in [-0.3, -0.25) is 0 Å². The molecule has 0 radical (unpaired) electrons. The normalized spacial score (nSPS) is 11.9. The Bertz CT molecular complexity index is 4390. The zero-order valence-electron chi connectivity index (χ0n) is 45.4. The van der Waals surface area contributed by atoms with Crippen LogP contribution < -0.4 is 9.80 Å². The van der Waals surface area contributed by atoms with Crippen molar-refractivity contribution in [3.05, 3.63) is 246 Å². The molecule has 78 heavy (non-hydrogen) atoms. The molecule has 4 heteroatoms. The molecule has 1 aromatic heterocycles. The van der Waals surface area contributed by atoms with Crippen LogP contribution in [0.4, 0.5) is 34.1 Å². The Labute approximate surface area is 457 Å². The number of para-hydroxylation sites is 3. The molecule has 0 unspecified atom stereocenters. The molecule has 12 aromatic carbocycles. The number of rotatable bonds is 12. The Morgan fingerprint density at radius 3 is 1.51 bits per heavy atom. The number of phenolic OH excluding ortho intramolecular Hbond substituents is 1. The average Bonchev–Trinajstić information content (AvgIpc) is 3.79. The topological polar surface area (TPSA) is 39.9 Å². The van der Waals surface area contributed by atoms with Crippen LogP contribution in [0.2, 0.25) is 0 Å². The predicted octanol–water partition coefficient (Wildman–Crippen LogP) is 21.6. The van der Waals surface area contributed by atoms with Crippen molar-refractivity contribution in [1.82, 2.24) is 0 Å². The molecule has 0 aliphatic heterocycles. The lowest BCUT2D eigenvalue weighted by Crippen LogP contribution is -2.13. The van der Waals surface area contributed by atoms with Crippen molar-refractivity contribution in [2.24, 2.45) is 0 Å². The molecular formula is C74H62N2O2. The standard InChI is InChI=1S/C74H62N2O2/c1-8-49-32-36-54(37-33-49)76(67-29-17-27-61-60-26-15-25-57(73(60)78-74(61)67)50-19-10-9-11-20-50)69-44-65(46(4)5)59-38-40-62-68(43-64(45(2)3)58-39-41-63(69)71(59)70(58)62)75(53-34-30-47(6)31-35-53)66-28-16-24-56(72(66)77)52-22-14-21-51(42-52)55-23-13-12-18-48(55)7/h9-46,77H,8H2,1-7H3. The quantitative estimate of drug-likeness (QED) is 0.124. The van der Waals surface area contributed by atoms with E-state index in [1.54, 1.807) is 0 Å². The van der Waals surface area contributed by atoms with E-state index < -0.39 is 0 Å². The highest BCUT2D eigenvalue weighted by molar-refractivity contribution is 6.30. The lowest BCUT2D eigenvalue weighted by molar-refractivity contribution is 0.478. The van der Waals surface area contributed by atoms with Gasteiger partial charge in [-0.2, -0.15) is 0 Å². The monoisotopic (exact) mass is 1010 g/mol. The SMILES string of the molecule is CCc1ccc(N(c2cc(C(C)C)c3ccc4c(N(c5ccc(C)cc5)c5cccc(-c6cccc(-c7ccccc7C)c6)c5O)cc(C(C)C)c5ccc2c3c54)c2cccc3c2oc2c(-c4ccccc4)cccc23)cc1. The van der Waals surface area contributed by atoms with Crippen molar-refractivity contribution in [3.63, 3.8) is 0 Å². The van der Waals surface area contributed by atoms with Gasteiger partial charge in [-0.15, -0.1) is 0 Å². The van der Waals surface area contributed by atoms with E-state index in [0.717, 1.165) is 95.4 Å². The minimum atomic E-state index is 0.182. The minimum absolute atomic E-state index is 0.182. The van der Waals surface area contributed by atoms with E-state index in [1.165, 1.54) is 54.9 Å². The maximum atomic E-state index is 12.9. The highest BCUT2D eigenvalue weighted by Gasteiger charge is 2.29. The Morgan fingerprint density at radius 2 is 0.885 bits per heavy atom. The van der Waals surface area contributed by atoms with Gasteiger partial charge in [-0.25, -0.2) is 0 Å².